The zero-order valence-electron chi connectivity index (χ0n) is 14.0. The van der Waals surface area contributed by atoms with E-state index in [0.717, 1.165) is 10.9 Å². The molecule has 124 valence electrons. The number of nitrogens with zero attached hydrogens (tertiary/aromatic N) is 2. The Morgan fingerprint density at radius 1 is 1.08 bits per heavy atom. The van der Waals surface area contributed by atoms with Crippen molar-refractivity contribution < 1.29 is 14.3 Å². The molecule has 0 saturated carbocycles. The van der Waals surface area contributed by atoms with Crippen LogP contribution in [0.3, 0.4) is 0 Å². The zero-order valence-corrected chi connectivity index (χ0v) is 14.0. The molecule has 1 heterocycles. The molecule has 3 rings (SSSR count). The number of carbonyl (C=O) groups is 1. The first-order valence-corrected chi connectivity index (χ1v) is 7.81. The Morgan fingerprint density at radius 2 is 1.83 bits per heavy atom. The first-order valence-electron chi connectivity index (χ1n) is 7.81. The molecule has 0 aliphatic rings. The van der Waals surface area contributed by atoms with Crippen LogP contribution < -0.4 is 4.74 Å². The first kappa shape index (κ1) is 16.1. The fourth-order valence-electron chi connectivity index (χ4n) is 2.34. The van der Waals surface area contributed by atoms with Crippen LogP contribution in [0.4, 0.5) is 4.79 Å². The van der Waals surface area contributed by atoms with Gasteiger partial charge in [-0.1, -0.05) is 42.5 Å². The Balaban J connectivity index is 1.91. The maximum absolute atomic E-state index is 12.4. The molecular formula is C19H20N2O3. The van der Waals surface area contributed by atoms with Crippen molar-refractivity contribution >= 4 is 17.0 Å². The van der Waals surface area contributed by atoms with Crippen molar-refractivity contribution in [1.82, 2.24) is 9.78 Å². The highest BCUT2D eigenvalue weighted by Gasteiger charge is 2.21. The molecule has 2 aromatic carbocycles. The number of fused-ring (bicyclic) bond motifs is 1. The van der Waals surface area contributed by atoms with Crippen molar-refractivity contribution in [3.63, 3.8) is 0 Å². The Bertz CT molecular complexity index is 848. The summed E-state index contributed by atoms with van der Waals surface area (Å²) in [6, 6.07) is 15.5. The minimum absolute atomic E-state index is 0.416. The molecule has 0 aliphatic carbocycles. The van der Waals surface area contributed by atoms with Crippen molar-refractivity contribution in [3.05, 3.63) is 60.3 Å². The van der Waals surface area contributed by atoms with E-state index in [0.29, 0.717) is 17.9 Å². The van der Waals surface area contributed by atoms with Gasteiger partial charge in [0.2, 0.25) is 0 Å². The van der Waals surface area contributed by atoms with Gasteiger partial charge in [-0.25, -0.2) is 4.79 Å². The highest BCUT2D eigenvalue weighted by atomic mass is 16.6. The zero-order chi connectivity index (χ0) is 17.2. The molecule has 5 nitrogen and oxygen atoms in total. The van der Waals surface area contributed by atoms with Crippen LogP contribution >= 0.6 is 0 Å². The molecule has 0 unspecified atom stereocenters. The maximum atomic E-state index is 12.4. The van der Waals surface area contributed by atoms with Crippen LogP contribution in [0.1, 0.15) is 26.3 Å². The van der Waals surface area contributed by atoms with Crippen molar-refractivity contribution in [2.45, 2.75) is 33.0 Å². The van der Waals surface area contributed by atoms with Gasteiger partial charge in [-0.15, -0.1) is 0 Å². The van der Waals surface area contributed by atoms with Crippen LogP contribution in [0.2, 0.25) is 0 Å². The van der Waals surface area contributed by atoms with E-state index in [4.69, 9.17) is 9.47 Å². The fourth-order valence-corrected chi connectivity index (χ4v) is 2.34. The lowest BCUT2D eigenvalue weighted by atomic mass is 10.2. The van der Waals surface area contributed by atoms with E-state index in [1.165, 1.54) is 4.68 Å². The van der Waals surface area contributed by atoms with Gasteiger partial charge in [-0.2, -0.15) is 9.78 Å². The summed E-state index contributed by atoms with van der Waals surface area (Å²) in [5.41, 5.74) is 1.08. The number of hydrogen-bond donors (Lipinski definition) is 0. The normalized spacial score (nSPS) is 11.5. The lowest BCUT2D eigenvalue weighted by Gasteiger charge is -2.19. The van der Waals surface area contributed by atoms with E-state index in [-0.39, 0.29) is 0 Å². The Labute approximate surface area is 140 Å². The smallest absolute Gasteiger partial charge is 0.435 e. The predicted octanol–water partition coefficient (Wildman–Crippen LogP) is 4.40. The summed E-state index contributed by atoms with van der Waals surface area (Å²) in [5, 5.41) is 4.98. The third-order valence-corrected chi connectivity index (χ3v) is 3.36. The third kappa shape index (κ3) is 3.56. The molecule has 1 aromatic heterocycles. The highest BCUT2D eigenvalue weighted by Crippen LogP contribution is 2.27. The molecule has 0 spiro atoms. The van der Waals surface area contributed by atoms with Crippen LogP contribution in [-0.2, 0) is 11.3 Å². The van der Waals surface area contributed by atoms with Gasteiger partial charge < -0.3 is 9.47 Å². The SMILES string of the molecule is CC(C)(C)OC(=O)n1ncc2cccc(OCc3ccccc3)c21. The minimum Gasteiger partial charge on any atom is -0.487 e. The minimum atomic E-state index is -0.588. The molecule has 0 radical (unpaired) electrons. The Kier molecular flexibility index (Phi) is 4.25. The van der Waals surface area contributed by atoms with Gasteiger partial charge in [-0.3, -0.25) is 0 Å². The van der Waals surface area contributed by atoms with E-state index in [1.807, 2.05) is 69.3 Å². The van der Waals surface area contributed by atoms with Crippen molar-refractivity contribution in [2.24, 2.45) is 0 Å². The second-order valence-corrected chi connectivity index (χ2v) is 6.50. The summed E-state index contributed by atoms with van der Waals surface area (Å²) in [6.45, 7) is 5.88. The molecule has 5 heteroatoms. The van der Waals surface area contributed by atoms with E-state index < -0.39 is 11.7 Å². The van der Waals surface area contributed by atoms with Crippen molar-refractivity contribution in [3.8, 4) is 5.75 Å². The maximum Gasteiger partial charge on any atom is 0.435 e. The number of hydrogen-bond acceptors (Lipinski definition) is 4. The van der Waals surface area contributed by atoms with Gasteiger partial charge in [0.1, 0.15) is 23.5 Å². The second-order valence-electron chi connectivity index (χ2n) is 6.50. The summed E-state index contributed by atoms with van der Waals surface area (Å²) in [5.74, 6) is 0.597. The second kappa shape index (κ2) is 6.35. The molecule has 0 aliphatic heterocycles. The average molecular weight is 324 g/mol. The van der Waals surface area contributed by atoms with Gasteiger partial charge in [0.15, 0.2) is 0 Å². The highest BCUT2D eigenvalue weighted by molar-refractivity contribution is 5.91. The summed E-state index contributed by atoms with van der Waals surface area (Å²) in [7, 11) is 0. The fraction of sp³-hybridized carbons (Fsp3) is 0.263. The van der Waals surface area contributed by atoms with Crippen LogP contribution in [0.5, 0.6) is 5.75 Å². The summed E-state index contributed by atoms with van der Waals surface area (Å²) in [6.07, 6.45) is 1.11. The predicted molar refractivity (Wildman–Crippen MR) is 92.1 cm³/mol. The summed E-state index contributed by atoms with van der Waals surface area (Å²) >= 11 is 0. The number of para-hydroxylation sites is 1. The molecule has 0 amide bonds. The standard InChI is InChI=1S/C19H20N2O3/c1-19(2,3)24-18(22)21-17-15(12-20-21)10-7-11-16(17)23-13-14-8-5-4-6-9-14/h4-12H,13H2,1-3H3. The van der Waals surface area contributed by atoms with E-state index in [1.54, 1.807) is 6.20 Å². The number of aromatic nitrogens is 2. The molecule has 0 saturated heterocycles. The molecular weight excluding hydrogens is 304 g/mol. The van der Waals surface area contributed by atoms with Gasteiger partial charge in [0.25, 0.3) is 0 Å². The third-order valence-electron chi connectivity index (χ3n) is 3.36. The quantitative estimate of drug-likeness (QED) is 0.716. The molecule has 0 atom stereocenters. The molecule has 24 heavy (non-hydrogen) atoms. The van der Waals surface area contributed by atoms with Gasteiger partial charge >= 0.3 is 6.09 Å². The monoisotopic (exact) mass is 324 g/mol. The number of ether oxygens (including phenoxy) is 2. The van der Waals surface area contributed by atoms with Crippen LogP contribution in [0.25, 0.3) is 10.9 Å². The summed E-state index contributed by atoms with van der Waals surface area (Å²) < 4.78 is 12.6. The van der Waals surface area contributed by atoms with Gasteiger partial charge in [-0.05, 0) is 32.4 Å². The molecule has 0 fully saturated rings. The molecule has 0 bridgehead atoms. The van der Waals surface area contributed by atoms with E-state index >= 15 is 0 Å². The van der Waals surface area contributed by atoms with E-state index in [9.17, 15) is 4.79 Å². The van der Waals surface area contributed by atoms with Gasteiger partial charge in [0.05, 0.1) is 6.20 Å². The Morgan fingerprint density at radius 3 is 2.54 bits per heavy atom. The molecule has 0 N–H and O–H groups in total. The lowest BCUT2D eigenvalue weighted by molar-refractivity contribution is 0.0521. The van der Waals surface area contributed by atoms with Crippen LogP contribution in [0.15, 0.2) is 54.7 Å². The largest absolute Gasteiger partial charge is 0.487 e. The van der Waals surface area contributed by atoms with Crippen LogP contribution in [-0.4, -0.2) is 21.5 Å². The van der Waals surface area contributed by atoms with Crippen molar-refractivity contribution in [1.29, 1.82) is 0 Å². The Hall–Kier alpha value is -2.82. The van der Waals surface area contributed by atoms with Crippen molar-refractivity contribution in [2.75, 3.05) is 0 Å². The number of carbonyl (C=O) groups excluding carboxylic acids is 1. The molecule has 3 aromatic rings. The number of rotatable bonds is 3. The first-order chi connectivity index (χ1) is 11.4. The summed E-state index contributed by atoms with van der Waals surface area (Å²) in [4.78, 5) is 12.4. The van der Waals surface area contributed by atoms with E-state index in [2.05, 4.69) is 5.10 Å². The number of benzene rings is 2. The average Bonchev–Trinajstić information content (AvgIpc) is 2.97. The van der Waals surface area contributed by atoms with Crippen LogP contribution in [0, 0.1) is 0 Å². The van der Waals surface area contributed by atoms with Gasteiger partial charge in [0, 0.05) is 5.39 Å². The lowest BCUT2D eigenvalue weighted by Crippen LogP contribution is -2.27. The topological polar surface area (TPSA) is 53.4 Å².